The van der Waals surface area contributed by atoms with Gasteiger partial charge in [0.05, 0.1) is 13.7 Å². The van der Waals surface area contributed by atoms with Crippen molar-refractivity contribution in [3.63, 3.8) is 0 Å². The Morgan fingerprint density at radius 3 is 2.83 bits per heavy atom. The average molecular weight is 249 g/mol. The van der Waals surface area contributed by atoms with Crippen molar-refractivity contribution in [3.05, 3.63) is 24.0 Å². The van der Waals surface area contributed by atoms with Crippen LogP contribution in [-0.4, -0.2) is 41.4 Å². The fourth-order valence-corrected chi connectivity index (χ4v) is 1.53. The monoisotopic (exact) mass is 249 g/mol. The molecular formula is C12H15N3O3. The molecular weight excluding hydrogens is 234 g/mol. The Hall–Kier alpha value is -2.08. The maximum atomic E-state index is 9.51. The van der Waals surface area contributed by atoms with Gasteiger partial charge in [0.2, 0.25) is 0 Å². The molecule has 0 saturated heterocycles. The normalized spacial score (nSPS) is 10.9. The highest BCUT2D eigenvalue weighted by molar-refractivity contribution is 5.59. The maximum absolute atomic E-state index is 9.51. The highest BCUT2D eigenvalue weighted by Gasteiger charge is 2.11. The Kier molecular flexibility index (Phi) is 3.47. The molecule has 2 rings (SSSR count). The van der Waals surface area contributed by atoms with E-state index in [-0.39, 0.29) is 5.75 Å². The third kappa shape index (κ3) is 2.60. The first-order chi connectivity index (χ1) is 8.60. The van der Waals surface area contributed by atoms with Gasteiger partial charge in [-0.05, 0) is 32.3 Å². The van der Waals surface area contributed by atoms with Crippen molar-refractivity contribution in [3.8, 4) is 23.0 Å². The van der Waals surface area contributed by atoms with Gasteiger partial charge in [-0.25, -0.2) is 0 Å². The van der Waals surface area contributed by atoms with Crippen molar-refractivity contribution in [2.45, 2.75) is 6.54 Å². The van der Waals surface area contributed by atoms with Crippen LogP contribution in [0.4, 0.5) is 0 Å². The molecule has 0 saturated carbocycles. The molecule has 0 bridgehead atoms. The van der Waals surface area contributed by atoms with Crippen LogP contribution >= 0.6 is 0 Å². The van der Waals surface area contributed by atoms with Crippen LogP contribution < -0.4 is 4.74 Å². The maximum Gasteiger partial charge on any atom is 0.258 e. The molecule has 1 heterocycles. The van der Waals surface area contributed by atoms with Crippen LogP contribution in [0.2, 0.25) is 0 Å². The van der Waals surface area contributed by atoms with E-state index in [0.29, 0.717) is 29.6 Å². The fraction of sp³-hybridized carbons (Fsp3) is 0.333. The number of benzene rings is 1. The van der Waals surface area contributed by atoms with E-state index in [1.807, 2.05) is 19.0 Å². The summed E-state index contributed by atoms with van der Waals surface area (Å²) in [5, 5.41) is 13.4. The standard InChI is InChI=1S/C12H15N3O3/c1-15(2)7-11-13-12(18-14-11)8-4-5-9(16)10(6-8)17-3/h4-6,16H,7H2,1-3H3. The van der Waals surface area contributed by atoms with E-state index in [1.54, 1.807) is 12.1 Å². The summed E-state index contributed by atoms with van der Waals surface area (Å²) in [6.07, 6.45) is 0. The van der Waals surface area contributed by atoms with E-state index in [2.05, 4.69) is 10.1 Å². The number of nitrogens with zero attached hydrogens (tertiary/aromatic N) is 3. The largest absolute Gasteiger partial charge is 0.504 e. The lowest BCUT2D eigenvalue weighted by molar-refractivity contribution is 0.365. The summed E-state index contributed by atoms with van der Waals surface area (Å²) in [4.78, 5) is 6.22. The van der Waals surface area contributed by atoms with Crippen molar-refractivity contribution in [1.29, 1.82) is 0 Å². The molecule has 1 aromatic heterocycles. The Bertz CT molecular complexity index is 537. The zero-order chi connectivity index (χ0) is 13.1. The van der Waals surface area contributed by atoms with Gasteiger partial charge in [-0.2, -0.15) is 4.98 Å². The van der Waals surface area contributed by atoms with Gasteiger partial charge in [-0.1, -0.05) is 5.16 Å². The van der Waals surface area contributed by atoms with E-state index in [1.165, 1.54) is 13.2 Å². The molecule has 0 atom stereocenters. The van der Waals surface area contributed by atoms with E-state index in [9.17, 15) is 5.11 Å². The molecule has 0 spiro atoms. The van der Waals surface area contributed by atoms with Crippen LogP contribution in [0, 0.1) is 0 Å². The Morgan fingerprint density at radius 2 is 2.17 bits per heavy atom. The van der Waals surface area contributed by atoms with E-state index < -0.39 is 0 Å². The molecule has 18 heavy (non-hydrogen) atoms. The van der Waals surface area contributed by atoms with E-state index in [4.69, 9.17) is 9.26 Å². The minimum Gasteiger partial charge on any atom is -0.504 e. The average Bonchev–Trinajstić information content (AvgIpc) is 2.77. The summed E-state index contributed by atoms with van der Waals surface area (Å²) in [6.45, 7) is 0.610. The first kappa shape index (κ1) is 12.4. The second kappa shape index (κ2) is 5.05. The number of ether oxygens (including phenoxy) is 1. The summed E-state index contributed by atoms with van der Waals surface area (Å²) >= 11 is 0. The number of hydrogen-bond donors (Lipinski definition) is 1. The Labute approximate surface area is 105 Å². The van der Waals surface area contributed by atoms with Crippen molar-refractivity contribution in [1.82, 2.24) is 15.0 Å². The summed E-state index contributed by atoms with van der Waals surface area (Å²) in [6, 6.07) is 4.89. The van der Waals surface area contributed by atoms with Crippen LogP contribution in [0.5, 0.6) is 11.5 Å². The van der Waals surface area contributed by atoms with Gasteiger partial charge >= 0.3 is 0 Å². The molecule has 6 nitrogen and oxygen atoms in total. The lowest BCUT2D eigenvalue weighted by Crippen LogP contribution is -2.11. The molecule has 0 aliphatic heterocycles. The number of hydrogen-bond acceptors (Lipinski definition) is 6. The third-order valence-corrected chi connectivity index (χ3v) is 2.35. The predicted octanol–water partition coefficient (Wildman–Crippen LogP) is 1.51. The molecule has 0 amide bonds. The first-order valence-corrected chi connectivity index (χ1v) is 5.45. The molecule has 1 N–H and O–H groups in total. The summed E-state index contributed by atoms with van der Waals surface area (Å²) in [7, 11) is 5.35. The molecule has 0 unspecified atom stereocenters. The number of methoxy groups -OCH3 is 1. The molecule has 0 radical (unpaired) electrons. The molecule has 2 aromatic rings. The van der Waals surface area contributed by atoms with Crippen LogP contribution in [0.25, 0.3) is 11.5 Å². The second-order valence-corrected chi connectivity index (χ2v) is 4.14. The topological polar surface area (TPSA) is 71.6 Å². The van der Waals surface area contributed by atoms with Gasteiger partial charge in [0.25, 0.3) is 5.89 Å². The van der Waals surface area contributed by atoms with Crippen LogP contribution in [0.1, 0.15) is 5.82 Å². The van der Waals surface area contributed by atoms with Gasteiger partial charge in [-0.15, -0.1) is 0 Å². The van der Waals surface area contributed by atoms with E-state index in [0.717, 1.165) is 0 Å². The minimum atomic E-state index is 0.0780. The predicted molar refractivity (Wildman–Crippen MR) is 65.3 cm³/mol. The molecule has 1 aromatic carbocycles. The summed E-state index contributed by atoms with van der Waals surface area (Å²) in [5.41, 5.74) is 0.710. The fourth-order valence-electron chi connectivity index (χ4n) is 1.53. The summed E-state index contributed by atoms with van der Waals surface area (Å²) < 4.78 is 10.2. The van der Waals surface area contributed by atoms with Crippen molar-refractivity contribution < 1.29 is 14.4 Å². The lowest BCUT2D eigenvalue weighted by atomic mass is 10.2. The van der Waals surface area contributed by atoms with Gasteiger partial charge in [0, 0.05) is 5.56 Å². The summed E-state index contributed by atoms with van der Waals surface area (Å²) in [5.74, 6) is 1.47. The number of aromatic hydroxyl groups is 1. The van der Waals surface area contributed by atoms with Crippen LogP contribution in [-0.2, 0) is 6.54 Å². The van der Waals surface area contributed by atoms with Crippen LogP contribution in [0.3, 0.4) is 0 Å². The zero-order valence-corrected chi connectivity index (χ0v) is 10.5. The Balaban J connectivity index is 2.28. The number of phenols is 1. The number of phenolic OH excluding ortho intramolecular Hbond substituents is 1. The van der Waals surface area contributed by atoms with Crippen molar-refractivity contribution in [2.24, 2.45) is 0 Å². The first-order valence-electron chi connectivity index (χ1n) is 5.45. The molecule has 6 heteroatoms. The SMILES string of the molecule is COc1cc(-c2nc(CN(C)C)no2)ccc1O. The quantitative estimate of drug-likeness (QED) is 0.885. The van der Waals surface area contributed by atoms with Crippen LogP contribution in [0.15, 0.2) is 22.7 Å². The molecule has 0 fully saturated rings. The molecule has 96 valence electrons. The second-order valence-electron chi connectivity index (χ2n) is 4.14. The van der Waals surface area contributed by atoms with Gasteiger partial charge < -0.3 is 19.3 Å². The number of rotatable bonds is 4. The number of aromatic nitrogens is 2. The van der Waals surface area contributed by atoms with Crippen molar-refractivity contribution >= 4 is 0 Å². The highest BCUT2D eigenvalue weighted by atomic mass is 16.5. The zero-order valence-electron chi connectivity index (χ0n) is 10.5. The third-order valence-electron chi connectivity index (χ3n) is 2.35. The Morgan fingerprint density at radius 1 is 1.39 bits per heavy atom. The molecule has 0 aliphatic carbocycles. The van der Waals surface area contributed by atoms with Gasteiger partial charge in [0.15, 0.2) is 17.3 Å². The van der Waals surface area contributed by atoms with Gasteiger partial charge in [0.1, 0.15) is 0 Å². The lowest BCUT2D eigenvalue weighted by Gasteiger charge is -2.04. The molecule has 0 aliphatic rings. The smallest absolute Gasteiger partial charge is 0.258 e. The van der Waals surface area contributed by atoms with E-state index >= 15 is 0 Å². The minimum absolute atomic E-state index is 0.0780. The highest BCUT2D eigenvalue weighted by Crippen LogP contribution is 2.30. The van der Waals surface area contributed by atoms with Gasteiger partial charge in [-0.3, -0.25) is 0 Å². The van der Waals surface area contributed by atoms with Crippen molar-refractivity contribution in [2.75, 3.05) is 21.2 Å².